The van der Waals surface area contributed by atoms with Gasteiger partial charge in [-0.05, 0) is 64.1 Å². The van der Waals surface area contributed by atoms with Crippen molar-refractivity contribution in [2.45, 2.75) is 50.8 Å². The molecule has 2 aromatic carbocycles. The van der Waals surface area contributed by atoms with Crippen LogP contribution in [0, 0.1) is 0 Å². The Morgan fingerprint density at radius 2 is 1.71 bits per heavy atom. The van der Waals surface area contributed by atoms with E-state index in [0.29, 0.717) is 15.6 Å². The number of nitrogens with zero attached hydrogens (tertiary/aromatic N) is 1. The molecule has 170 valence electrons. The molecule has 2 rings (SSSR count). The lowest BCUT2D eigenvalue weighted by Crippen LogP contribution is -2.45. The molecule has 0 radical (unpaired) electrons. The summed E-state index contributed by atoms with van der Waals surface area (Å²) in [6.07, 6.45) is -0.670. The van der Waals surface area contributed by atoms with Crippen LogP contribution in [0.1, 0.15) is 33.3 Å². The van der Waals surface area contributed by atoms with Crippen LogP contribution in [-0.4, -0.2) is 37.8 Å². The second-order valence-corrected chi connectivity index (χ2v) is 10.7. The number of carbonyl (C=O) groups excluding carboxylic acids is 1. The van der Waals surface area contributed by atoms with Gasteiger partial charge >= 0.3 is 6.09 Å². The summed E-state index contributed by atoms with van der Waals surface area (Å²) in [5, 5.41) is 13.1. The third-order valence-corrected chi connectivity index (χ3v) is 6.59. The van der Waals surface area contributed by atoms with Gasteiger partial charge in [0, 0.05) is 21.1 Å². The van der Waals surface area contributed by atoms with Crippen LogP contribution in [0.25, 0.3) is 0 Å². The fourth-order valence-corrected chi connectivity index (χ4v) is 4.77. The molecule has 0 aliphatic heterocycles. The van der Waals surface area contributed by atoms with Crippen LogP contribution < -0.4 is 9.62 Å². The molecule has 0 bridgehead atoms. The largest absolute Gasteiger partial charge is 0.447 e. The third kappa shape index (κ3) is 6.74. The van der Waals surface area contributed by atoms with Gasteiger partial charge in [0.25, 0.3) is 10.0 Å². The number of alkyl carbamates (subject to hydrolysis) is 1. The Labute approximate surface area is 193 Å². The minimum atomic E-state index is -4.11. The van der Waals surface area contributed by atoms with Crippen molar-refractivity contribution in [3.8, 4) is 0 Å². The van der Waals surface area contributed by atoms with Crippen molar-refractivity contribution >= 4 is 45.0 Å². The molecular formula is C21H26Cl2N2O5S. The van der Waals surface area contributed by atoms with E-state index in [0.717, 1.165) is 4.31 Å². The summed E-state index contributed by atoms with van der Waals surface area (Å²) >= 11 is 12.0. The Hall–Kier alpha value is -2.00. The first-order valence-corrected chi connectivity index (χ1v) is 11.7. The zero-order valence-corrected chi connectivity index (χ0v) is 20.1. The van der Waals surface area contributed by atoms with Crippen LogP contribution in [0.5, 0.6) is 0 Å². The highest BCUT2D eigenvalue weighted by atomic mass is 35.5. The number of aliphatic hydroxyl groups is 1. The zero-order valence-electron chi connectivity index (χ0n) is 17.7. The van der Waals surface area contributed by atoms with E-state index in [9.17, 15) is 18.3 Å². The predicted octanol–water partition coefficient (Wildman–Crippen LogP) is 4.59. The van der Waals surface area contributed by atoms with Crippen LogP contribution in [0.2, 0.25) is 10.0 Å². The summed E-state index contributed by atoms with van der Waals surface area (Å²) in [6, 6.07) is 9.44. The minimum Gasteiger partial charge on any atom is -0.447 e. The molecule has 0 aromatic heterocycles. The number of benzene rings is 2. The number of amides is 1. The highest BCUT2D eigenvalue weighted by Crippen LogP contribution is 2.32. The number of anilines is 1. The van der Waals surface area contributed by atoms with Gasteiger partial charge in [0.15, 0.2) is 0 Å². The minimum absolute atomic E-state index is 0.00763. The summed E-state index contributed by atoms with van der Waals surface area (Å²) in [4.78, 5) is 12.1. The summed E-state index contributed by atoms with van der Waals surface area (Å²) in [5.41, 5.74) is 0.0390. The first-order valence-electron chi connectivity index (χ1n) is 9.49. The van der Waals surface area contributed by atoms with Gasteiger partial charge in [-0.1, -0.05) is 29.3 Å². The third-order valence-electron chi connectivity index (χ3n) is 4.16. The number of rotatable bonds is 7. The maximum atomic E-state index is 13.5. The molecule has 0 heterocycles. The molecule has 0 saturated heterocycles. The Bertz CT molecular complexity index is 1020. The average molecular weight is 489 g/mol. The average Bonchev–Trinajstić information content (AvgIpc) is 2.65. The number of hydrogen-bond acceptors (Lipinski definition) is 5. The number of hydrogen-bond donors (Lipinski definition) is 2. The molecule has 1 amide bonds. The van der Waals surface area contributed by atoms with Gasteiger partial charge in [-0.2, -0.15) is 0 Å². The van der Waals surface area contributed by atoms with Gasteiger partial charge in [-0.3, -0.25) is 4.31 Å². The van der Waals surface area contributed by atoms with Crippen molar-refractivity contribution in [2.75, 3.05) is 10.9 Å². The van der Waals surface area contributed by atoms with Crippen molar-refractivity contribution in [2.24, 2.45) is 0 Å². The standard InChI is InChI=1S/C21H26Cl2N2O5S/c1-14(13-30-20(27)24-21(2,3)4)25(19-11-17(23)6-5-15(19)12-26)31(28,29)18-9-7-16(22)8-10-18/h5-11,14,26H,12-13H2,1-4H3,(H,24,27)/t14-/m1/s1. The highest BCUT2D eigenvalue weighted by Gasteiger charge is 2.32. The Balaban J connectivity index is 2.47. The van der Waals surface area contributed by atoms with Crippen molar-refractivity contribution in [3.05, 3.63) is 58.1 Å². The SMILES string of the molecule is C[C@H](COC(=O)NC(C)(C)C)N(c1cc(Cl)ccc1CO)S(=O)(=O)c1ccc(Cl)cc1. The fraction of sp³-hybridized carbons (Fsp3) is 0.381. The lowest BCUT2D eigenvalue weighted by atomic mass is 10.1. The van der Waals surface area contributed by atoms with Crippen LogP contribution in [0.3, 0.4) is 0 Å². The smallest absolute Gasteiger partial charge is 0.407 e. The number of carbonyl (C=O) groups is 1. The monoisotopic (exact) mass is 488 g/mol. The van der Waals surface area contributed by atoms with Gasteiger partial charge in [0.1, 0.15) is 6.61 Å². The number of nitrogens with one attached hydrogen (secondary N) is 1. The summed E-state index contributed by atoms with van der Waals surface area (Å²) in [5.74, 6) is 0. The number of aliphatic hydroxyl groups excluding tert-OH is 1. The summed E-state index contributed by atoms with van der Waals surface area (Å²) in [7, 11) is -4.11. The molecule has 1 atom stereocenters. The van der Waals surface area contributed by atoms with Gasteiger partial charge in [0.2, 0.25) is 0 Å². The number of halogens is 2. The molecule has 2 aromatic rings. The Morgan fingerprint density at radius 1 is 1.13 bits per heavy atom. The molecule has 0 unspecified atom stereocenters. The maximum absolute atomic E-state index is 13.5. The van der Waals surface area contributed by atoms with Crippen molar-refractivity contribution in [3.63, 3.8) is 0 Å². The normalized spacial score (nSPS) is 12.9. The van der Waals surface area contributed by atoms with Crippen molar-refractivity contribution < 1.29 is 23.1 Å². The molecule has 7 nitrogen and oxygen atoms in total. The topological polar surface area (TPSA) is 95.9 Å². The first-order chi connectivity index (χ1) is 14.3. The van der Waals surface area contributed by atoms with Gasteiger partial charge in [-0.25, -0.2) is 13.2 Å². The first kappa shape index (κ1) is 25.3. The molecule has 10 heteroatoms. The van der Waals surface area contributed by atoms with E-state index in [1.807, 2.05) is 0 Å². The second kappa shape index (κ2) is 10.1. The Kier molecular flexibility index (Phi) is 8.21. The molecule has 0 fully saturated rings. The van der Waals surface area contributed by atoms with Gasteiger partial charge in [-0.15, -0.1) is 0 Å². The lowest BCUT2D eigenvalue weighted by molar-refractivity contribution is 0.133. The lowest BCUT2D eigenvalue weighted by Gasteiger charge is -2.32. The van der Waals surface area contributed by atoms with Crippen LogP contribution in [0.4, 0.5) is 10.5 Å². The van der Waals surface area contributed by atoms with Crippen LogP contribution in [-0.2, 0) is 21.4 Å². The van der Waals surface area contributed by atoms with Crippen molar-refractivity contribution in [1.29, 1.82) is 0 Å². The highest BCUT2D eigenvalue weighted by molar-refractivity contribution is 7.92. The summed E-state index contributed by atoms with van der Waals surface area (Å²) in [6.45, 7) is 6.36. The van der Waals surface area contributed by atoms with E-state index in [-0.39, 0.29) is 17.2 Å². The molecule has 0 spiro atoms. The van der Waals surface area contributed by atoms with Crippen LogP contribution in [0.15, 0.2) is 47.4 Å². The molecular weight excluding hydrogens is 463 g/mol. The van der Waals surface area contributed by atoms with Gasteiger partial charge < -0.3 is 15.2 Å². The maximum Gasteiger partial charge on any atom is 0.407 e. The Morgan fingerprint density at radius 3 is 2.26 bits per heavy atom. The quantitative estimate of drug-likeness (QED) is 0.593. The molecule has 0 aliphatic carbocycles. The van der Waals surface area contributed by atoms with E-state index in [1.165, 1.54) is 30.3 Å². The summed E-state index contributed by atoms with van der Waals surface area (Å²) < 4.78 is 33.4. The van der Waals surface area contributed by atoms with E-state index in [4.69, 9.17) is 27.9 Å². The van der Waals surface area contributed by atoms with E-state index in [2.05, 4.69) is 5.32 Å². The molecule has 31 heavy (non-hydrogen) atoms. The van der Waals surface area contributed by atoms with E-state index >= 15 is 0 Å². The van der Waals surface area contributed by atoms with E-state index < -0.39 is 34.3 Å². The molecule has 0 aliphatic rings. The van der Waals surface area contributed by atoms with Crippen LogP contribution >= 0.6 is 23.2 Å². The van der Waals surface area contributed by atoms with E-state index in [1.54, 1.807) is 39.8 Å². The van der Waals surface area contributed by atoms with Gasteiger partial charge in [0.05, 0.1) is 23.2 Å². The second-order valence-electron chi connectivity index (χ2n) is 8.01. The van der Waals surface area contributed by atoms with Crippen molar-refractivity contribution in [1.82, 2.24) is 5.32 Å². The molecule has 0 saturated carbocycles. The number of ether oxygens (including phenoxy) is 1. The molecule has 2 N–H and O–H groups in total. The predicted molar refractivity (Wildman–Crippen MR) is 122 cm³/mol. The number of sulfonamides is 1. The fourth-order valence-electron chi connectivity index (χ4n) is 2.81. The zero-order chi connectivity index (χ0) is 23.4.